The van der Waals surface area contributed by atoms with Gasteiger partial charge in [0.05, 0.1) is 17.1 Å². The van der Waals surface area contributed by atoms with Crippen LogP contribution in [0, 0.1) is 6.92 Å². The standard InChI is InChI=1S/C22H30N4O5S/c1-14(2)32(28,29)25-18-5-4-10-26-19(18)11-30-17-8-6-16(7-9-17)21-15(3)23-13-24-22(21)31-12-20(26)27/h11,13-14,16-17H,4-10,12H2,1-3H3/b19-11-,25-18+. The van der Waals surface area contributed by atoms with E-state index in [0.29, 0.717) is 36.7 Å². The maximum Gasteiger partial charge on any atom is 0.265 e. The lowest BCUT2D eigenvalue weighted by molar-refractivity contribution is -0.131. The number of aromatic nitrogens is 2. The highest BCUT2D eigenvalue weighted by atomic mass is 32.2. The first-order valence-electron chi connectivity index (χ1n) is 11.2. The van der Waals surface area contributed by atoms with E-state index in [4.69, 9.17) is 9.47 Å². The zero-order chi connectivity index (χ0) is 22.9. The summed E-state index contributed by atoms with van der Waals surface area (Å²) in [5, 5.41) is -0.643. The molecule has 2 fully saturated rings. The van der Waals surface area contributed by atoms with Crippen LogP contribution in [0.2, 0.25) is 0 Å². The molecule has 174 valence electrons. The van der Waals surface area contributed by atoms with Crippen LogP contribution in [-0.2, 0) is 19.6 Å². The summed E-state index contributed by atoms with van der Waals surface area (Å²) in [5.74, 6) is 0.418. The van der Waals surface area contributed by atoms with E-state index in [1.165, 1.54) is 17.5 Å². The van der Waals surface area contributed by atoms with Crippen LogP contribution >= 0.6 is 0 Å². The van der Waals surface area contributed by atoms with E-state index in [0.717, 1.165) is 36.9 Å². The molecule has 0 radical (unpaired) electrons. The van der Waals surface area contributed by atoms with Gasteiger partial charge in [0.1, 0.15) is 18.3 Å². The lowest BCUT2D eigenvalue weighted by atomic mass is 9.82. The minimum absolute atomic E-state index is 0.00403. The maximum atomic E-state index is 13.1. The number of fused-ring (bicyclic) bond motifs is 5. The van der Waals surface area contributed by atoms with E-state index in [1.807, 2.05) is 6.92 Å². The van der Waals surface area contributed by atoms with Crippen LogP contribution < -0.4 is 4.74 Å². The Balaban J connectivity index is 1.72. The van der Waals surface area contributed by atoms with Crippen LogP contribution in [0.5, 0.6) is 5.88 Å². The lowest BCUT2D eigenvalue weighted by Gasteiger charge is -2.31. The van der Waals surface area contributed by atoms with Crippen LogP contribution in [0.25, 0.3) is 0 Å². The summed E-state index contributed by atoms with van der Waals surface area (Å²) in [7, 11) is -3.67. The Morgan fingerprint density at radius 2 is 1.94 bits per heavy atom. The zero-order valence-corrected chi connectivity index (χ0v) is 19.6. The van der Waals surface area contributed by atoms with Crippen molar-refractivity contribution in [3.63, 3.8) is 0 Å². The van der Waals surface area contributed by atoms with Gasteiger partial charge in [0, 0.05) is 17.8 Å². The number of carbonyl (C=O) groups excluding carboxylic acids is 1. The van der Waals surface area contributed by atoms with Crippen molar-refractivity contribution in [3.8, 4) is 5.88 Å². The summed E-state index contributed by atoms with van der Waals surface area (Å²) in [5.41, 5.74) is 2.61. The Bertz CT molecular complexity index is 1040. The van der Waals surface area contributed by atoms with Crippen molar-refractivity contribution >= 4 is 21.6 Å². The van der Waals surface area contributed by atoms with Gasteiger partial charge >= 0.3 is 0 Å². The summed E-state index contributed by atoms with van der Waals surface area (Å²) in [4.78, 5) is 23.3. The Hall–Kier alpha value is -2.49. The first-order chi connectivity index (χ1) is 15.3. The highest BCUT2D eigenvalue weighted by Gasteiger charge is 2.32. The number of sulfonamides is 1. The molecule has 4 aliphatic rings. The van der Waals surface area contributed by atoms with Gasteiger partial charge in [-0.05, 0) is 65.2 Å². The number of piperidine rings is 1. The number of aryl methyl sites for hydroxylation is 1. The number of allylic oxidation sites excluding steroid dienone is 1. The molecule has 5 rings (SSSR count). The number of ether oxygens (including phenoxy) is 2. The predicted molar refractivity (Wildman–Crippen MR) is 119 cm³/mol. The summed E-state index contributed by atoms with van der Waals surface area (Å²) in [6.07, 6.45) is 7.55. The quantitative estimate of drug-likeness (QED) is 0.664. The molecule has 0 spiro atoms. The fourth-order valence-corrected chi connectivity index (χ4v) is 5.16. The number of hydrogen-bond acceptors (Lipinski definition) is 7. The van der Waals surface area contributed by atoms with Gasteiger partial charge in [-0.15, -0.1) is 0 Å². The Morgan fingerprint density at radius 3 is 2.66 bits per heavy atom. The topological polar surface area (TPSA) is 111 Å². The lowest BCUT2D eigenvalue weighted by Crippen LogP contribution is -2.41. The van der Waals surface area contributed by atoms with Gasteiger partial charge in [-0.2, -0.15) is 4.40 Å². The van der Waals surface area contributed by atoms with Gasteiger partial charge in [-0.3, -0.25) is 4.79 Å². The second-order valence-electron chi connectivity index (χ2n) is 8.83. The van der Waals surface area contributed by atoms with Crippen molar-refractivity contribution in [1.82, 2.24) is 14.9 Å². The van der Waals surface area contributed by atoms with Gasteiger partial charge in [0.2, 0.25) is 5.88 Å². The van der Waals surface area contributed by atoms with Crippen LogP contribution in [0.15, 0.2) is 22.7 Å². The molecule has 3 aliphatic heterocycles. The fraction of sp³-hybridized carbons (Fsp3) is 0.636. The molecule has 1 aliphatic carbocycles. The zero-order valence-electron chi connectivity index (χ0n) is 18.8. The molecule has 1 aromatic heterocycles. The molecular weight excluding hydrogens is 432 g/mol. The molecule has 9 nitrogen and oxygen atoms in total. The van der Waals surface area contributed by atoms with Gasteiger partial charge in [0.25, 0.3) is 15.9 Å². The molecule has 32 heavy (non-hydrogen) atoms. The fourth-order valence-electron chi connectivity index (χ4n) is 4.45. The summed E-state index contributed by atoms with van der Waals surface area (Å²) in [6, 6.07) is 0. The van der Waals surface area contributed by atoms with Crippen molar-refractivity contribution in [2.24, 2.45) is 4.40 Å². The van der Waals surface area contributed by atoms with E-state index in [-0.39, 0.29) is 24.5 Å². The highest BCUT2D eigenvalue weighted by Crippen LogP contribution is 2.39. The SMILES string of the molecule is Cc1ncnc2c1C1CCC(CC1)O/C=C1/C(=N/S(=O)(=O)C(C)C)CCCN1C(=O)CO2. The Labute approximate surface area is 189 Å². The van der Waals surface area contributed by atoms with E-state index < -0.39 is 15.3 Å². The van der Waals surface area contributed by atoms with Gasteiger partial charge in [-0.25, -0.2) is 18.4 Å². The van der Waals surface area contributed by atoms with E-state index in [9.17, 15) is 13.2 Å². The monoisotopic (exact) mass is 462 g/mol. The second-order valence-corrected chi connectivity index (χ2v) is 11.0. The van der Waals surface area contributed by atoms with Crippen molar-refractivity contribution in [2.45, 2.75) is 76.6 Å². The molecule has 0 unspecified atom stereocenters. The largest absolute Gasteiger partial charge is 0.496 e. The van der Waals surface area contributed by atoms with Crippen molar-refractivity contribution < 1.29 is 22.7 Å². The third kappa shape index (κ3) is 4.65. The first-order valence-corrected chi connectivity index (χ1v) is 12.7. The molecular formula is C22H30N4O5S. The summed E-state index contributed by atoms with van der Waals surface area (Å²) >= 11 is 0. The Morgan fingerprint density at radius 1 is 1.19 bits per heavy atom. The Kier molecular flexibility index (Phi) is 6.50. The third-order valence-corrected chi connectivity index (χ3v) is 8.02. The average Bonchev–Trinajstić information content (AvgIpc) is 2.77. The minimum Gasteiger partial charge on any atom is -0.496 e. The van der Waals surface area contributed by atoms with E-state index >= 15 is 0 Å². The number of hydrogen-bond donors (Lipinski definition) is 0. The molecule has 0 N–H and O–H groups in total. The molecule has 1 saturated heterocycles. The average molecular weight is 463 g/mol. The number of nitrogens with zero attached hydrogens (tertiary/aromatic N) is 4. The molecule has 4 heterocycles. The van der Waals surface area contributed by atoms with Gasteiger partial charge in [-0.1, -0.05) is 0 Å². The third-order valence-electron chi connectivity index (χ3n) is 6.35. The smallest absolute Gasteiger partial charge is 0.265 e. The first kappa shape index (κ1) is 22.7. The number of rotatable bonds is 2. The predicted octanol–water partition coefficient (Wildman–Crippen LogP) is 2.86. The summed E-state index contributed by atoms with van der Waals surface area (Å²) in [6.45, 7) is 5.36. The molecule has 1 saturated carbocycles. The van der Waals surface area contributed by atoms with Crippen molar-refractivity contribution in [3.05, 3.63) is 29.5 Å². The minimum atomic E-state index is -3.67. The molecule has 0 aromatic carbocycles. The van der Waals surface area contributed by atoms with Crippen molar-refractivity contribution in [1.29, 1.82) is 0 Å². The highest BCUT2D eigenvalue weighted by molar-refractivity contribution is 7.90. The van der Waals surface area contributed by atoms with Gasteiger partial charge < -0.3 is 14.4 Å². The normalized spacial score (nSPS) is 27.2. The van der Waals surface area contributed by atoms with E-state index in [1.54, 1.807) is 13.8 Å². The second kappa shape index (κ2) is 9.17. The molecule has 10 heteroatoms. The van der Waals surface area contributed by atoms with Crippen LogP contribution in [0.1, 0.15) is 69.5 Å². The van der Waals surface area contributed by atoms with Crippen LogP contribution in [-0.4, -0.2) is 59.4 Å². The van der Waals surface area contributed by atoms with Crippen LogP contribution in [0.3, 0.4) is 0 Å². The number of carbonyl (C=O) groups is 1. The van der Waals surface area contributed by atoms with Crippen molar-refractivity contribution in [2.75, 3.05) is 13.2 Å². The summed E-state index contributed by atoms with van der Waals surface area (Å²) < 4.78 is 41.0. The molecule has 0 atom stereocenters. The van der Waals surface area contributed by atoms with Gasteiger partial charge in [0.15, 0.2) is 6.61 Å². The van der Waals surface area contributed by atoms with Crippen LogP contribution in [0.4, 0.5) is 0 Å². The molecule has 1 amide bonds. The molecule has 1 aromatic rings. The maximum absolute atomic E-state index is 13.1. The molecule has 2 bridgehead atoms. The van der Waals surface area contributed by atoms with E-state index in [2.05, 4.69) is 14.4 Å². The number of amides is 1.